The molecular formula is C12H9Cl2NO3S. The number of nitrogens with zero attached hydrogens (tertiary/aromatic N) is 1. The average Bonchev–Trinajstić information content (AvgIpc) is 2.74. The Bertz CT molecular complexity index is 627. The van der Waals surface area contributed by atoms with Crippen molar-refractivity contribution in [1.82, 2.24) is 4.98 Å². The van der Waals surface area contributed by atoms with Gasteiger partial charge in [0.25, 0.3) is 5.19 Å². The Morgan fingerprint density at radius 2 is 2.11 bits per heavy atom. The Kier molecular flexibility index (Phi) is 4.29. The van der Waals surface area contributed by atoms with E-state index in [-0.39, 0.29) is 15.2 Å². The lowest BCUT2D eigenvalue weighted by molar-refractivity contribution is 0.0606. The third-order valence-corrected chi connectivity index (χ3v) is 3.83. The van der Waals surface area contributed by atoms with E-state index < -0.39 is 5.97 Å². The van der Waals surface area contributed by atoms with Gasteiger partial charge in [0.1, 0.15) is 5.75 Å². The van der Waals surface area contributed by atoms with Crippen LogP contribution in [0.5, 0.6) is 10.9 Å². The number of methoxy groups -OCH3 is 1. The van der Waals surface area contributed by atoms with Crippen molar-refractivity contribution in [2.45, 2.75) is 6.92 Å². The van der Waals surface area contributed by atoms with Crippen LogP contribution in [0.3, 0.4) is 0 Å². The molecule has 1 aromatic carbocycles. The second-order valence-corrected chi connectivity index (χ2v) is 5.35. The molecule has 0 fully saturated rings. The van der Waals surface area contributed by atoms with Crippen molar-refractivity contribution in [3.63, 3.8) is 0 Å². The molecule has 0 N–H and O–H groups in total. The first kappa shape index (κ1) is 14.1. The zero-order chi connectivity index (χ0) is 14.0. The summed E-state index contributed by atoms with van der Waals surface area (Å²) in [5.41, 5.74) is 0.996. The predicted octanol–water partition coefficient (Wildman–Crippen LogP) is 4.34. The number of benzene rings is 1. The lowest BCUT2D eigenvalue weighted by atomic mass is 10.2. The van der Waals surface area contributed by atoms with E-state index in [4.69, 9.17) is 27.9 Å². The first-order valence-electron chi connectivity index (χ1n) is 5.20. The maximum atomic E-state index is 11.4. The topological polar surface area (TPSA) is 48.4 Å². The molecular weight excluding hydrogens is 309 g/mol. The van der Waals surface area contributed by atoms with E-state index in [0.717, 1.165) is 16.9 Å². The smallest absolute Gasteiger partial charge is 0.351 e. The molecule has 0 saturated carbocycles. The van der Waals surface area contributed by atoms with E-state index in [2.05, 4.69) is 9.72 Å². The SMILES string of the molecule is COC(=O)c1sc(Oc2cc(C)ccc2Cl)nc1Cl. The maximum absolute atomic E-state index is 11.4. The van der Waals surface area contributed by atoms with Crippen LogP contribution in [0.1, 0.15) is 15.2 Å². The molecule has 100 valence electrons. The van der Waals surface area contributed by atoms with Gasteiger partial charge < -0.3 is 9.47 Å². The van der Waals surface area contributed by atoms with Crippen LogP contribution in [0.2, 0.25) is 10.2 Å². The van der Waals surface area contributed by atoms with Crippen LogP contribution in [0.4, 0.5) is 0 Å². The number of esters is 1. The van der Waals surface area contributed by atoms with E-state index in [1.807, 2.05) is 13.0 Å². The van der Waals surface area contributed by atoms with Gasteiger partial charge in [-0.1, -0.05) is 40.6 Å². The van der Waals surface area contributed by atoms with E-state index in [9.17, 15) is 4.79 Å². The number of hydrogen-bond acceptors (Lipinski definition) is 5. The maximum Gasteiger partial charge on any atom is 0.351 e. The summed E-state index contributed by atoms with van der Waals surface area (Å²) >= 11 is 12.9. The summed E-state index contributed by atoms with van der Waals surface area (Å²) in [7, 11) is 1.27. The number of aryl methyl sites for hydroxylation is 1. The Morgan fingerprint density at radius 3 is 2.79 bits per heavy atom. The Morgan fingerprint density at radius 1 is 1.37 bits per heavy atom. The van der Waals surface area contributed by atoms with Crippen LogP contribution in [0.15, 0.2) is 18.2 Å². The van der Waals surface area contributed by atoms with Crippen molar-refractivity contribution in [1.29, 1.82) is 0 Å². The number of carbonyl (C=O) groups excluding carboxylic acids is 1. The first-order chi connectivity index (χ1) is 9.01. The van der Waals surface area contributed by atoms with Gasteiger partial charge in [-0.05, 0) is 24.6 Å². The average molecular weight is 318 g/mol. The van der Waals surface area contributed by atoms with Crippen molar-refractivity contribution in [3.05, 3.63) is 38.8 Å². The minimum absolute atomic E-state index is 0.0515. The Balaban J connectivity index is 2.29. The van der Waals surface area contributed by atoms with E-state index in [1.54, 1.807) is 12.1 Å². The molecule has 19 heavy (non-hydrogen) atoms. The monoisotopic (exact) mass is 317 g/mol. The number of aromatic nitrogens is 1. The van der Waals surface area contributed by atoms with Gasteiger partial charge >= 0.3 is 5.97 Å². The molecule has 1 heterocycles. The molecule has 0 radical (unpaired) electrons. The Hall–Kier alpha value is -1.30. The van der Waals surface area contributed by atoms with Crippen molar-refractivity contribution < 1.29 is 14.3 Å². The second-order valence-electron chi connectivity index (χ2n) is 3.63. The van der Waals surface area contributed by atoms with Gasteiger partial charge in [-0.2, -0.15) is 4.98 Å². The molecule has 0 bridgehead atoms. The van der Waals surface area contributed by atoms with Gasteiger partial charge in [0.15, 0.2) is 10.0 Å². The van der Waals surface area contributed by atoms with Gasteiger partial charge in [0.2, 0.25) is 0 Å². The summed E-state index contributed by atoms with van der Waals surface area (Å²) in [6, 6.07) is 5.36. The summed E-state index contributed by atoms with van der Waals surface area (Å²) in [6.07, 6.45) is 0. The van der Waals surface area contributed by atoms with Crippen molar-refractivity contribution in [2.75, 3.05) is 7.11 Å². The highest BCUT2D eigenvalue weighted by Crippen LogP contribution is 2.35. The second kappa shape index (κ2) is 5.77. The number of thiazole rings is 1. The lowest BCUT2D eigenvalue weighted by Gasteiger charge is -2.04. The highest BCUT2D eigenvalue weighted by molar-refractivity contribution is 7.15. The number of hydrogen-bond donors (Lipinski definition) is 0. The van der Waals surface area contributed by atoms with E-state index in [1.165, 1.54) is 7.11 Å². The summed E-state index contributed by atoms with van der Waals surface area (Å²) in [5, 5.41) is 0.741. The summed E-state index contributed by atoms with van der Waals surface area (Å²) in [6.45, 7) is 1.91. The molecule has 0 amide bonds. The fourth-order valence-corrected chi connectivity index (χ4v) is 2.54. The fourth-order valence-electron chi connectivity index (χ4n) is 1.33. The number of carbonyl (C=O) groups is 1. The molecule has 2 rings (SSSR count). The molecule has 2 aromatic rings. The van der Waals surface area contributed by atoms with Crippen LogP contribution in [0.25, 0.3) is 0 Å². The number of rotatable bonds is 3. The van der Waals surface area contributed by atoms with Gasteiger partial charge in [-0.15, -0.1) is 0 Å². The molecule has 0 aliphatic carbocycles. The van der Waals surface area contributed by atoms with Crippen LogP contribution in [0, 0.1) is 6.92 Å². The van der Waals surface area contributed by atoms with Gasteiger partial charge in [0, 0.05) is 0 Å². The third-order valence-electron chi connectivity index (χ3n) is 2.22. The number of halogens is 2. The molecule has 0 aliphatic heterocycles. The van der Waals surface area contributed by atoms with Crippen LogP contribution in [-0.2, 0) is 4.74 Å². The zero-order valence-electron chi connectivity index (χ0n) is 10.1. The molecule has 1 aromatic heterocycles. The fraction of sp³-hybridized carbons (Fsp3) is 0.167. The predicted molar refractivity (Wildman–Crippen MR) is 74.7 cm³/mol. The summed E-state index contributed by atoms with van der Waals surface area (Å²) in [4.78, 5) is 15.5. The van der Waals surface area contributed by atoms with Crippen LogP contribution in [-0.4, -0.2) is 18.1 Å². The summed E-state index contributed by atoms with van der Waals surface area (Å²) in [5.74, 6) is -0.0869. The molecule has 0 saturated heterocycles. The number of ether oxygens (including phenoxy) is 2. The Labute approximate surface area is 123 Å². The third kappa shape index (κ3) is 3.18. The van der Waals surface area contributed by atoms with Gasteiger partial charge in [-0.3, -0.25) is 0 Å². The minimum atomic E-state index is -0.548. The highest BCUT2D eigenvalue weighted by Gasteiger charge is 2.19. The standard InChI is InChI=1S/C12H9Cl2NO3S/c1-6-3-4-7(13)8(5-6)18-12-15-10(14)9(19-12)11(16)17-2/h3-5H,1-2H3. The first-order valence-corrected chi connectivity index (χ1v) is 6.77. The lowest BCUT2D eigenvalue weighted by Crippen LogP contribution is -1.98. The van der Waals surface area contributed by atoms with Crippen molar-refractivity contribution >= 4 is 40.5 Å². The highest BCUT2D eigenvalue weighted by atomic mass is 35.5. The largest absolute Gasteiger partial charge is 0.465 e. The van der Waals surface area contributed by atoms with Gasteiger partial charge in [-0.25, -0.2) is 4.79 Å². The molecule has 0 spiro atoms. The van der Waals surface area contributed by atoms with Crippen molar-refractivity contribution in [3.8, 4) is 10.9 Å². The summed E-state index contributed by atoms with van der Waals surface area (Å²) < 4.78 is 10.1. The minimum Gasteiger partial charge on any atom is -0.465 e. The zero-order valence-corrected chi connectivity index (χ0v) is 12.4. The molecule has 0 atom stereocenters. The molecule has 0 unspecified atom stereocenters. The van der Waals surface area contributed by atoms with E-state index >= 15 is 0 Å². The van der Waals surface area contributed by atoms with Crippen LogP contribution >= 0.6 is 34.5 Å². The van der Waals surface area contributed by atoms with Crippen molar-refractivity contribution in [2.24, 2.45) is 0 Å². The quantitative estimate of drug-likeness (QED) is 0.790. The van der Waals surface area contributed by atoms with E-state index in [0.29, 0.717) is 10.8 Å². The van der Waals surface area contributed by atoms with Gasteiger partial charge in [0.05, 0.1) is 12.1 Å². The normalized spacial score (nSPS) is 10.3. The van der Waals surface area contributed by atoms with Crippen LogP contribution < -0.4 is 4.74 Å². The molecule has 7 heteroatoms. The molecule has 4 nitrogen and oxygen atoms in total. The molecule has 0 aliphatic rings.